The molecule has 1 unspecified atom stereocenters. The summed E-state index contributed by atoms with van der Waals surface area (Å²) in [5, 5.41) is 3.06. The molecule has 6 heteroatoms. The average molecular weight is 451 g/mol. The second kappa shape index (κ2) is 10.5. The molecule has 3 aromatic carbocycles. The Kier molecular flexibility index (Phi) is 7.70. The zero-order chi connectivity index (χ0) is 23.1. The minimum absolute atomic E-state index is 0.149. The molecule has 0 saturated heterocycles. The van der Waals surface area contributed by atoms with Crippen LogP contribution in [-0.2, 0) is 14.8 Å². The van der Waals surface area contributed by atoms with E-state index in [1.54, 1.807) is 48.5 Å². The molecule has 0 aromatic heterocycles. The highest BCUT2D eigenvalue weighted by atomic mass is 32.2. The highest BCUT2D eigenvalue weighted by molar-refractivity contribution is 7.92. The molecule has 0 spiro atoms. The first-order chi connectivity index (χ1) is 15.3. The maximum Gasteiger partial charge on any atom is 0.264 e. The predicted octanol–water partition coefficient (Wildman–Crippen LogP) is 5.09. The number of sulfonamides is 1. The van der Waals surface area contributed by atoms with E-state index in [0.717, 1.165) is 17.5 Å². The zero-order valence-electron chi connectivity index (χ0n) is 18.7. The van der Waals surface area contributed by atoms with Crippen LogP contribution < -0.4 is 9.62 Å². The van der Waals surface area contributed by atoms with Gasteiger partial charge in [0.05, 0.1) is 16.6 Å². The molecule has 1 N–H and O–H groups in total. The van der Waals surface area contributed by atoms with Crippen LogP contribution in [-0.4, -0.2) is 20.9 Å². The fourth-order valence-corrected chi connectivity index (χ4v) is 5.06. The molecular formula is C26H30N2O3S. The quantitative estimate of drug-likeness (QED) is 0.494. The van der Waals surface area contributed by atoms with Crippen molar-refractivity contribution >= 4 is 21.6 Å². The number of nitrogens with one attached hydrogen (secondary N) is 1. The first-order valence-corrected chi connectivity index (χ1v) is 12.2. The van der Waals surface area contributed by atoms with E-state index < -0.39 is 10.0 Å². The van der Waals surface area contributed by atoms with Crippen LogP contribution in [0.15, 0.2) is 89.8 Å². The summed E-state index contributed by atoms with van der Waals surface area (Å²) in [6.45, 7) is 5.79. The summed E-state index contributed by atoms with van der Waals surface area (Å²) >= 11 is 0. The van der Waals surface area contributed by atoms with Crippen LogP contribution in [0.1, 0.15) is 37.4 Å². The van der Waals surface area contributed by atoms with E-state index in [1.807, 2.05) is 43.3 Å². The average Bonchev–Trinajstić information content (AvgIpc) is 2.78. The molecule has 0 radical (unpaired) electrons. The third-order valence-corrected chi connectivity index (χ3v) is 6.94. The lowest BCUT2D eigenvalue weighted by Crippen LogP contribution is -2.42. The molecular weight excluding hydrogens is 420 g/mol. The van der Waals surface area contributed by atoms with E-state index in [2.05, 4.69) is 19.2 Å². The standard InChI is InChI=1S/C26H30N2O3S/c1-20(2)17-25(22-12-6-4-7-13-22)27-26(29)19-28(23-14-10-11-21(3)18-23)32(30,31)24-15-8-5-9-16-24/h4-16,18,20,25H,17,19H2,1-3H3,(H,27,29). The van der Waals surface area contributed by atoms with Crippen molar-refractivity contribution in [2.45, 2.75) is 38.1 Å². The molecule has 3 aromatic rings. The van der Waals surface area contributed by atoms with Crippen molar-refractivity contribution in [1.29, 1.82) is 0 Å². The van der Waals surface area contributed by atoms with Gasteiger partial charge in [0.15, 0.2) is 0 Å². The van der Waals surface area contributed by atoms with Crippen LogP contribution in [0.2, 0.25) is 0 Å². The van der Waals surface area contributed by atoms with Crippen molar-refractivity contribution in [3.05, 3.63) is 96.1 Å². The van der Waals surface area contributed by atoms with Crippen LogP contribution in [0.25, 0.3) is 0 Å². The second-order valence-electron chi connectivity index (χ2n) is 8.32. The van der Waals surface area contributed by atoms with Crippen LogP contribution in [0.5, 0.6) is 0 Å². The molecule has 1 atom stereocenters. The van der Waals surface area contributed by atoms with Gasteiger partial charge in [0, 0.05) is 0 Å². The number of rotatable bonds is 9. The van der Waals surface area contributed by atoms with Crippen molar-refractivity contribution in [3.8, 4) is 0 Å². The lowest BCUT2D eigenvalue weighted by Gasteiger charge is -2.27. The number of amides is 1. The summed E-state index contributed by atoms with van der Waals surface area (Å²) in [7, 11) is -3.92. The number of aryl methyl sites for hydroxylation is 1. The number of hydrogen-bond donors (Lipinski definition) is 1. The third-order valence-electron chi connectivity index (χ3n) is 5.15. The maximum atomic E-state index is 13.5. The second-order valence-corrected chi connectivity index (χ2v) is 10.2. The van der Waals surface area contributed by atoms with Gasteiger partial charge < -0.3 is 5.32 Å². The monoisotopic (exact) mass is 450 g/mol. The molecule has 0 aliphatic carbocycles. The van der Waals surface area contributed by atoms with Crippen LogP contribution in [0.4, 0.5) is 5.69 Å². The molecule has 0 aliphatic heterocycles. The van der Waals surface area contributed by atoms with E-state index in [4.69, 9.17) is 0 Å². The zero-order valence-corrected chi connectivity index (χ0v) is 19.5. The number of carbonyl (C=O) groups excluding carboxylic acids is 1. The summed E-state index contributed by atoms with van der Waals surface area (Å²) < 4.78 is 28.1. The van der Waals surface area contributed by atoms with Crippen molar-refractivity contribution in [2.75, 3.05) is 10.8 Å². The molecule has 32 heavy (non-hydrogen) atoms. The van der Waals surface area contributed by atoms with Crippen molar-refractivity contribution in [2.24, 2.45) is 5.92 Å². The Bertz CT molecular complexity index is 1130. The Morgan fingerprint density at radius 1 is 0.906 bits per heavy atom. The number of anilines is 1. The molecule has 1 amide bonds. The molecule has 0 fully saturated rings. The normalized spacial score (nSPS) is 12.4. The minimum atomic E-state index is -3.92. The molecule has 0 heterocycles. The first kappa shape index (κ1) is 23.5. The van der Waals surface area contributed by atoms with Crippen LogP contribution in [0.3, 0.4) is 0 Å². The van der Waals surface area contributed by atoms with Gasteiger partial charge in [-0.05, 0) is 54.7 Å². The smallest absolute Gasteiger partial charge is 0.264 e. The molecule has 0 aliphatic rings. The highest BCUT2D eigenvalue weighted by Gasteiger charge is 2.28. The maximum absolute atomic E-state index is 13.5. The van der Waals surface area contributed by atoms with Gasteiger partial charge in [0.2, 0.25) is 5.91 Å². The van der Waals surface area contributed by atoms with Gasteiger partial charge >= 0.3 is 0 Å². The number of carbonyl (C=O) groups is 1. The Balaban J connectivity index is 1.91. The van der Waals surface area contributed by atoms with Crippen molar-refractivity contribution < 1.29 is 13.2 Å². The molecule has 168 valence electrons. The molecule has 0 bridgehead atoms. The predicted molar refractivity (Wildman–Crippen MR) is 129 cm³/mol. The summed E-state index contributed by atoms with van der Waals surface area (Å²) in [5.74, 6) is 0.0157. The summed E-state index contributed by atoms with van der Waals surface area (Å²) in [6, 6.07) is 25.0. The van der Waals surface area contributed by atoms with E-state index in [1.165, 1.54) is 4.31 Å². The third kappa shape index (κ3) is 5.98. The van der Waals surface area contributed by atoms with Gasteiger partial charge in [-0.3, -0.25) is 9.10 Å². The van der Waals surface area contributed by atoms with Gasteiger partial charge in [0.25, 0.3) is 10.0 Å². The number of hydrogen-bond acceptors (Lipinski definition) is 3. The summed E-state index contributed by atoms with van der Waals surface area (Å²) in [5.41, 5.74) is 2.38. The van der Waals surface area contributed by atoms with E-state index in [0.29, 0.717) is 11.6 Å². The van der Waals surface area contributed by atoms with E-state index in [-0.39, 0.29) is 23.4 Å². The Labute approximate surface area is 191 Å². The SMILES string of the molecule is Cc1cccc(N(CC(=O)NC(CC(C)C)c2ccccc2)S(=O)(=O)c2ccccc2)c1. The fourth-order valence-electron chi connectivity index (χ4n) is 3.62. The lowest BCUT2D eigenvalue weighted by atomic mass is 9.97. The van der Waals surface area contributed by atoms with Crippen LogP contribution >= 0.6 is 0 Å². The Morgan fingerprint density at radius 2 is 1.53 bits per heavy atom. The Hall–Kier alpha value is -3.12. The van der Waals surface area contributed by atoms with Gasteiger partial charge in [-0.2, -0.15) is 0 Å². The van der Waals surface area contributed by atoms with E-state index >= 15 is 0 Å². The lowest BCUT2D eigenvalue weighted by molar-refractivity contribution is -0.120. The largest absolute Gasteiger partial charge is 0.348 e. The number of nitrogens with zero attached hydrogens (tertiary/aromatic N) is 1. The van der Waals surface area contributed by atoms with Gasteiger partial charge in [-0.15, -0.1) is 0 Å². The van der Waals surface area contributed by atoms with Crippen LogP contribution in [0, 0.1) is 12.8 Å². The topological polar surface area (TPSA) is 66.5 Å². The summed E-state index contributed by atoms with van der Waals surface area (Å²) in [4.78, 5) is 13.3. The minimum Gasteiger partial charge on any atom is -0.348 e. The summed E-state index contributed by atoms with van der Waals surface area (Å²) in [6.07, 6.45) is 0.756. The van der Waals surface area contributed by atoms with Crippen molar-refractivity contribution in [3.63, 3.8) is 0 Å². The van der Waals surface area contributed by atoms with Crippen molar-refractivity contribution in [1.82, 2.24) is 5.32 Å². The number of benzene rings is 3. The van der Waals surface area contributed by atoms with E-state index in [9.17, 15) is 13.2 Å². The highest BCUT2D eigenvalue weighted by Crippen LogP contribution is 2.25. The molecule has 5 nitrogen and oxygen atoms in total. The fraction of sp³-hybridized carbons (Fsp3) is 0.269. The molecule has 0 saturated carbocycles. The Morgan fingerprint density at radius 3 is 2.12 bits per heavy atom. The van der Waals surface area contributed by atoms with Gasteiger partial charge in [0.1, 0.15) is 6.54 Å². The molecule has 3 rings (SSSR count). The van der Waals surface area contributed by atoms with Gasteiger partial charge in [-0.1, -0.05) is 74.5 Å². The first-order valence-electron chi connectivity index (χ1n) is 10.8. The van der Waals surface area contributed by atoms with Gasteiger partial charge in [-0.25, -0.2) is 8.42 Å².